The Morgan fingerprint density at radius 2 is 1.83 bits per heavy atom. The largest absolute Gasteiger partial charge is 0.481 e. The zero-order valence-corrected chi connectivity index (χ0v) is 13.7. The molecule has 2 N–H and O–H groups in total. The predicted molar refractivity (Wildman–Crippen MR) is 85.5 cm³/mol. The molecule has 1 aromatic heterocycles. The van der Waals surface area contributed by atoms with Crippen LogP contribution in [0.4, 0.5) is 0 Å². The van der Waals surface area contributed by atoms with Crippen molar-refractivity contribution >= 4 is 16.0 Å². The normalized spacial score (nSPS) is 12.8. The molecule has 0 amide bonds. The summed E-state index contributed by atoms with van der Waals surface area (Å²) in [4.78, 5) is 15.3. The SMILES string of the molecule is Cc1cccc(C)c1S(=O)(=O)NC(CC(=O)O)c1ccccn1. The topological polar surface area (TPSA) is 96.4 Å². The van der Waals surface area contributed by atoms with Gasteiger partial charge in [0.2, 0.25) is 10.0 Å². The summed E-state index contributed by atoms with van der Waals surface area (Å²) in [6.45, 7) is 3.41. The maximum absolute atomic E-state index is 12.7. The monoisotopic (exact) mass is 334 g/mol. The van der Waals surface area contributed by atoms with E-state index in [1.807, 2.05) is 0 Å². The first kappa shape index (κ1) is 17.1. The van der Waals surface area contributed by atoms with Gasteiger partial charge in [0, 0.05) is 6.20 Å². The maximum Gasteiger partial charge on any atom is 0.305 e. The van der Waals surface area contributed by atoms with E-state index in [2.05, 4.69) is 9.71 Å². The molecule has 1 unspecified atom stereocenters. The summed E-state index contributed by atoms with van der Waals surface area (Å²) in [7, 11) is -3.87. The summed E-state index contributed by atoms with van der Waals surface area (Å²) in [5, 5.41) is 9.06. The van der Waals surface area contributed by atoms with Crippen molar-refractivity contribution in [3.63, 3.8) is 0 Å². The van der Waals surface area contributed by atoms with Gasteiger partial charge in [-0.2, -0.15) is 0 Å². The smallest absolute Gasteiger partial charge is 0.305 e. The number of rotatable bonds is 6. The van der Waals surface area contributed by atoms with Gasteiger partial charge in [-0.1, -0.05) is 24.3 Å². The summed E-state index contributed by atoms with van der Waals surface area (Å²) < 4.78 is 27.9. The van der Waals surface area contributed by atoms with Gasteiger partial charge in [-0.15, -0.1) is 0 Å². The van der Waals surface area contributed by atoms with Crippen LogP contribution in [0.25, 0.3) is 0 Å². The van der Waals surface area contributed by atoms with E-state index in [0.717, 1.165) is 0 Å². The highest BCUT2D eigenvalue weighted by Gasteiger charge is 2.26. The molecule has 0 radical (unpaired) electrons. The minimum absolute atomic E-state index is 0.173. The fourth-order valence-electron chi connectivity index (χ4n) is 2.43. The average Bonchev–Trinajstić information content (AvgIpc) is 2.46. The molecule has 0 bridgehead atoms. The Bertz CT molecular complexity index is 784. The summed E-state index contributed by atoms with van der Waals surface area (Å²) >= 11 is 0. The van der Waals surface area contributed by atoms with E-state index in [-0.39, 0.29) is 11.3 Å². The number of hydrogen-bond donors (Lipinski definition) is 2. The van der Waals surface area contributed by atoms with Gasteiger partial charge >= 0.3 is 5.97 Å². The van der Waals surface area contributed by atoms with Crippen LogP contribution in [-0.2, 0) is 14.8 Å². The molecule has 122 valence electrons. The van der Waals surface area contributed by atoms with E-state index in [4.69, 9.17) is 5.11 Å². The van der Waals surface area contributed by atoms with E-state index in [1.165, 1.54) is 6.20 Å². The van der Waals surface area contributed by atoms with E-state index >= 15 is 0 Å². The van der Waals surface area contributed by atoms with Crippen molar-refractivity contribution in [3.05, 3.63) is 59.4 Å². The van der Waals surface area contributed by atoms with Crippen LogP contribution >= 0.6 is 0 Å². The number of nitrogens with zero attached hydrogens (tertiary/aromatic N) is 1. The van der Waals surface area contributed by atoms with Crippen LogP contribution in [0.15, 0.2) is 47.5 Å². The Hall–Kier alpha value is -2.25. The molecular weight excluding hydrogens is 316 g/mol. The van der Waals surface area contributed by atoms with Crippen molar-refractivity contribution in [1.82, 2.24) is 9.71 Å². The van der Waals surface area contributed by atoms with Gasteiger partial charge in [0.1, 0.15) is 0 Å². The number of nitrogens with one attached hydrogen (secondary N) is 1. The highest BCUT2D eigenvalue weighted by Crippen LogP contribution is 2.23. The van der Waals surface area contributed by atoms with E-state index in [1.54, 1.807) is 50.2 Å². The second-order valence-electron chi connectivity index (χ2n) is 5.25. The van der Waals surface area contributed by atoms with Gasteiger partial charge in [-0.25, -0.2) is 13.1 Å². The minimum atomic E-state index is -3.87. The Balaban J connectivity index is 2.41. The molecule has 6 nitrogen and oxygen atoms in total. The van der Waals surface area contributed by atoms with Crippen molar-refractivity contribution in [3.8, 4) is 0 Å². The lowest BCUT2D eigenvalue weighted by atomic mass is 10.1. The lowest BCUT2D eigenvalue weighted by Crippen LogP contribution is -2.31. The van der Waals surface area contributed by atoms with Crippen LogP contribution in [0.5, 0.6) is 0 Å². The summed E-state index contributed by atoms with van der Waals surface area (Å²) in [5.41, 5.74) is 1.57. The van der Waals surface area contributed by atoms with Gasteiger partial charge in [0.25, 0.3) is 0 Å². The maximum atomic E-state index is 12.7. The van der Waals surface area contributed by atoms with Crippen LogP contribution < -0.4 is 4.72 Å². The van der Waals surface area contributed by atoms with Crippen LogP contribution in [0, 0.1) is 13.8 Å². The molecule has 0 aliphatic carbocycles. The highest BCUT2D eigenvalue weighted by molar-refractivity contribution is 7.89. The lowest BCUT2D eigenvalue weighted by Gasteiger charge is -2.18. The van der Waals surface area contributed by atoms with Crippen LogP contribution in [-0.4, -0.2) is 24.5 Å². The molecule has 7 heteroatoms. The third-order valence-corrected chi connectivity index (χ3v) is 5.17. The Morgan fingerprint density at radius 1 is 1.17 bits per heavy atom. The van der Waals surface area contributed by atoms with Crippen molar-refractivity contribution in [2.24, 2.45) is 0 Å². The number of carboxylic acids is 1. The van der Waals surface area contributed by atoms with Crippen molar-refractivity contribution in [2.45, 2.75) is 31.2 Å². The fourth-order valence-corrected chi connectivity index (χ4v) is 4.11. The number of aromatic nitrogens is 1. The van der Waals surface area contributed by atoms with Crippen molar-refractivity contribution in [1.29, 1.82) is 0 Å². The van der Waals surface area contributed by atoms with E-state index < -0.39 is 22.0 Å². The molecule has 1 atom stereocenters. The number of aryl methyl sites for hydroxylation is 2. The number of hydrogen-bond acceptors (Lipinski definition) is 4. The van der Waals surface area contributed by atoms with Gasteiger partial charge in [0.15, 0.2) is 0 Å². The quantitative estimate of drug-likeness (QED) is 0.844. The first-order valence-corrected chi connectivity index (χ1v) is 8.51. The van der Waals surface area contributed by atoms with Crippen molar-refractivity contribution < 1.29 is 18.3 Å². The number of aliphatic carboxylic acids is 1. The molecule has 0 saturated heterocycles. The molecule has 2 aromatic rings. The number of carbonyl (C=O) groups is 1. The zero-order valence-electron chi connectivity index (χ0n) is 12.9. The number of carboxylic acid groups (broad SMARTS) is 1. The van der Waals surface area contributed by atoms with E-state index in [9.17, 15) is 13.2 Å². The summed E-state index contributed by atoms with van der Waals surface area (Å²) in [5.74, 6) is -1.11. The fraction of sp³-hybridized carbons (Fsp3) is 0.250. The van der Waals surface area contributed by atoms with Gasteiger partial charge in [0.05, 0.1) is 23.1 Å². The zero-order chi connectivity index (χ0) is 17.0. The molecule has 0 spiro atoms. The molecule has 1 aromatic carbocycles. The van der Waals surface area contributed by atoms with Gasteiger partial charge < -0.3 is 5.11 Å². The number of sulfonamides is 1. The second-order valence-corrected chi connectivity index (χ2v) is 6.90. The Kier molecular flexibility index (Phi) is 5.12. The standard InChI is InChI=1S/C16H18N2O4S/c1-11-6-5-7-12(2)16(11)23(21,22)18-14(10-15(19)20)13-8-3-4-9-17-13/h3-9,14,18H,10H2,1-2H3,(H,19,20). The average molecular weight is 334 g/mol. The number of pyridine rings is 1. The molecule has 0 aliphatic heterocycles. The first-order chi connectivity index (χ1) is 10.8. The second kappa shape index (κ2) is 6.89. The Morgan fingerprint density at radius 3 is 2.35 bits per heavy atom. The van der Waals surface area contributed by atoms with Crippen LogP contribution in [0.2, 0.25) is 0 Å². The molecule has 0 aliphatic rings. The van der Waals surface area contributed by atoms with Gasteiger partial charge in [-0.3, -0.25) is 9.78 Å². The Labute approximate surface area is 135 Å². The summed E-state index contributed by atoms with van der Waals surface area (Å²) in [6, 6.07) is 9.21. The number of benzene rings is 1. The molecule has 0 fully saturated rings. The highest BCUT2D eigenvalue weighted by atomic mass is 32.2. The third-order valence-electron chi connectivity index (χ3n) is 3.40. The summed E-state index contributed by atoms with van der Waals surface area (Å²) in [6.07, 6.45) is 1.11. The molecular formula is C16H18N2O4S. The van der Waals surface area contributed by atoms with Crippen LogP contribution in [0.1, 0.15) is 29.3 Å². The molecule has 2 rings (SSSR count). The minimum Gasteiger partial charge on any atom is -0.481 e. The van der Waals surface area contributed by atoms with E-state index in [0.29, 0.717) is 16.8 Å². The van der Waals surface area contributed by atoms with Gasteiger partial charge in [-0.05, 0) is 37.1 Å². The lowest BCUT2D eigenvalue weighted by molar-refractivity contribution is -0.137. The molecule has 1 heterocycles. The predicted octanol–water partition coefficient (Wildman–Crippen LogP) is 2.19. The van der Waals surface area contributed by atoms with Crippen LogP contribution in [0.3, 0.4) is 0 Å². The third kappa shape index (κ3) is 4.14. The molecule has 0 saturated carbocycles. The van der Waals surface area contributed by atoms with Crippen molar-refractivity contribution in [2.75, 3.05) is 0 Å². The molecule has 23 heavy (non-hydrogen) atoms. The first-order valence-electron chi connectivity index (χ1n) is 7.02.